The van der Waals surface area contributed by atoms with Crippen molar-refractivity contribution in [2.24, 2.45) is 0 Å². The van der Waals surface area contributed by atoms with E-state index in [4.69, 9.17) is 28.6 Å². The van der Waals surface area contributed by atoms with Gasteiger partial charge in [-0.1, -0.05) is 17.7 Å². The molecule has 1 aromatic carbocycles. The third kappa shape index (κ3) is 5.39. The molecule has 1 aliphatic heterocycles. The molecule has 0 bridgehead atoms. The monoisotopic (exact) mass is 332 g/mol. The van der Waals surface area contributed by atoms with Gasteiger partial charge in [0.1, 0.15) is 13.1 Å². The molecule has 4 nitrogen and oxygen atoms in total. The van der Waals surface area contributed by atoms with Crippen molar-refractivity contribution in [3.63, 3.8) is 0 Å². The van der Waals surface area contributed by atoms with Crippen LogP contribution in [-0.4, -0.2) is 44.5 Å². The fraction of sp³-hybridized carbons (Fsp3) is 0.500. The molecular formula is C14H20ClFN3OS+. The zero-order valence-electron chi connectivity index (χ0n) is 11.8. The maximum atomic E-state index is 13.7. The summed E-state index contributed by atoms with van der Waals surface area (Å²) in [4.78, 5) is 1.56. The topological polar surface area (TPSA) is 37.7 Å². The molecule has 1 heterocycles. The Morgan fingerprint density at radius 2 is 2.14 bits per heavy atom. The minimum Gasteiger partial charge on any atom is -0.370 e. The molecule has 0 spiro atoms. The molecule has 0 unspecified atom stereocenters. The first-order valence-electron chi connectivity index (χ1n) is 7.07. The Morgan fingerprint density at radius 3 is 2.90 bits per heavy atom. The summed E-state index contributed by atoms with van der Waals surface area (Å²) >= 11 is 10.9. The van der Waals surface area contributed by atoms with E-state index in [1.54, 1.807) is 17.0 Å². The molecule has 0 saturated carbocycles. The Morgan fingerprint density at radius 1 is 1.38 bits per heavy atom. The molecule has 3 N–H and O–H groups in total. The van der Waals surface area contributed by atoms with Gasteiger partial charge >= 0.3 is 0 Å². The normalized spacial score (nSPS) is 15.7. The predicted octanol–water partition coefficient (Wildman–Crippen LogP) is 1.07. The van der Waals surface area contributed by atoms with E-state index < -0.39 is 5.82 Å². The highest BCUT2D eigenvalue weighted by molar-refractivity contribution is 7.80. The van der Waals surface area contributed by atoms with Crippen molar-refractivity contribution in [1.29, 1.82) is 0 Å². The molecule has 1 saturated heterocycles. The predicted molar refractivity (Wildman–Crippen MR) is 86.6 cm³/mol. The van der Waals surface area contributed by atoms with Crippen molar-refractivity contribution in [2.75, 3.05) is 44.7 Å². The summed E-state index contributed by atoms with van der Waals surface area (Å²) < 4.78 is 19.0. The van der Waals surface area contributed by atoms with Crippen molar-refractivity contribution in [1.82, 2.24) is 5.32 Å². The van der Waals surface area contributed by atoms with Gasteiger partial charge < -0.3 is 20.3 Å². The average Bonchev–Trinajstić information content (AvgIpc) is 2.49. The average molecular weight is 333 g/mol. The van der Waals surface area contributed by atoms with Crippen LogP contribution in [0.2, 0.25) is 5.02 Å². The van der Waals surface area contributed by atoms with Crippen LogP contribution in [0.5, 0.6) is 0 Å². The summed E-state index contributed by atoms with van der Waals surface area (Å²) in [6.45, 7) is 5.67. The first-order valence-corrected chi connectivity index (χ1v) is 7.85. The third-order valence-electron chi connectivity index (χ3n) is 3.39. The van der Waals surface area contributed by atoms with E-state index in [2.05, 4.69) is 10.6 Å². The number of thiocarbonyl (C=S) groups is 1. The Balaban J connectivity index is 1.66. The number of halogens is 2. The van der Waals surface area contributed by atoms with Crippen molar-refractivity contribution in [3.8, 4) is 0 Å². The Labute approximate surface area is 134 Å². The number of hydrogen-bond donors (Lipinski definition) is 3. The summed E-state index contributed by atoms with van der Waals surface area (Å²) in [6.07, 6.45) is 1.01. The number of quaternary nitrogens is 1. The smallest absolute Gasteiger partial charge is 0.170 e. The highest BCUT2D eigenvalue weighted by Crippen LogP contribution is 2.21. The maximum absolute atomic E-state index is 13.7. The second-order valence-corrected chi connectivity index (χ2v) is 5.76. The van der Waals surface area contributed by atoms with E-state index in [0.717, 1.165) is 45.8 Å². The van der Waals surface area contributed by atoms with Gasteiger partial charge in [0, 0.05) is 13.0 Å². The van der Waals surface area contributed by atoms with Crippen molar-refractivity contribution < 1.29 is 14.0 Å². The molecule has 0 radical (unpaired) electrons. The van der Waals surface area contributed by atoms with Gasteiger partial charge in [-0.25, -0.2) is 4.39 Å². The fourth-order valence-electron chi connectivity index (χ4n) is 2.22. The lowest BCUT2D eigenvalue weighted by Crippen LogP contribution is -3.14. The number of morpholine rings is 1. The molecule has 1 fully saturated rings. The van der Waals surface area contributed by atoms with E-state index >= 15 is 0 Å². The second kappa shape index (κ2) is 8.48. The summed E-state index contributed by atoms with van der Waals surface area (Å²) in [6, 6.07) is 4.79. The van der Waals surface area contributed by atoms with Gasteiger partial charge in [0.05, 0.1) is 30.5 Å². The quantitative estimate of drug-likeness (QED) is 0.557. The van der Waals surface area contributed by atoms with Crippen LogP contribution >= 0.6 is 23.8 Å². The number of benzene rings is 1. The minimum atomic E-state index is -0.485. The largest absolute Gasteiger partial charge is 0.370 e. The molecule has 0 atom stereocenters. The first kappa shape index (κ1) is 16.4. The van der Waals surface area contributed by atoms with Crippen LogP contribution in [0.25, 0.3) is 0 Å². The van der Waals surface area contributed by atoms with Gasteiger partial charge in [-0.15, -0.1) is 0 Å². The molecular weight excluding hydrogens is 313 g/mol. The van der Waals surface area contributed by atoms with Gasteiger partial charge in [-0.3, -0.25) is 0 Å². The SMILES string of the molecule is Fc1c(Cl)cccc1NC(=S)NCCC[NH+]1CCOCC1. The lowest BCUT2D eigenvalue weighted by atomic mass is 10.3. The molecule has 21 heavy (non-hydrogen) atoms. The Bertz CT molecular complexity index is 483. The summed E-state index contributed by atoms with van der Waals surface area (Å²) in [5, 5.41) is 6.40. The Hall–Kier alpha value is -0.950. The molecule has 0 aliphatic carbocycles. The van der Waals surface area contributed by atoms with Gasteiger partial charge in [-0.2, -0.15) is 0 Å². The lowest BCUT2D eigenvalue weighted by molar-refractivity contribution is -0.908. The minimum absolute atomic E-state index is 0.0821. The molecule has 7 heteroatoms. The zero-order valence-corrected chi connectivity index (χ0v) is 13.3. The van der Waals surface area contributed by atoms with Crippen LogP contribution in [-0.2, 0) is 4.74 Å². The molecule has 0 amide bonds. The van der Waals surface area contributed by atoms with Crippen LogP contribution in [0.4, 0.5) is 10.1 Å². The van der Waals surface area contributed by atoms with Crippen LogP contribution in [0.1, 0.15) is 6.42 Å². The molecule has 0 aromatic heterocycles. The highest BCUT2D eigenvalue weighted by Gasteiger charge is 2.13. The second-order valence-electron chi connectivity index (χ2n) is 4.95. The van der Waals surface area contributed by atoms with Gasteiger partial charge in [0.25, 0.3) is 0 Å². The Kier molecular flexibility index (Phi) is 6.63. The van der Waals surface area contributed by atoms with Gasteiger partial charge in [-0.05, 0) is 24.4 Å². The van der Waals surface area contributed by atoms with Crippen LogP contribution in [0, 0.1) is 5.82 Å². The first-order chi connectivity index (χ1) is 10.2. The van der Waals surface area contributed by atoms with Crippen LogP contribution in [0.3, 0.4) is 0 Å². The number of anilines is 1. The molecule has 2 rings (SSSR count). The zero-order chi connectivity index (χ0) is 15.1. The van der Waals surface area contributed by atoms with E-state index in [1.165, 1.54) is 6.07 Å². The molecule has 1 aliphatic rings. The third-order valence-corrected chi connectivity index (χ3v) is 3.93. The lowest BCUT2D eigenvalue weighted by Gasteiger charge is -2.23. The van der Waals surface area contributed by atoms with Crippen LogP contribution < -0.4 is 15.5 Å². The highest BCUT2D eigenvalue weighted by atomic mass is 35.5. The van der Waals surface area contributed by atoms with Crippen LogP contribution in [0.15, 0.2) is 18.2 Å². The van der Waals surface area contributed by atoms with Crippen molar-refractivity contribution in [2.45, 2.75) is 6.42 Å². The van der Waals surface area contributed by atoms with Gasteiger partial charge in [0.2, 0.25) is 0 Å². The van der Waals surface area contributed by atoms with Crippen molar-refractivity contribution >= 4 is 34.6 Å². The standard InChI is InChI=1S/C14H19ClFN3OS/c15-11-3-1-4-12(13(11)16)18-14(21)17-5-2-6-19-7-9-20-10-8-19/h1,3-4H,2,5-10H2,(H2,17,18,21)/p+1. The van der Waals surface area contributed by atoms with E-state index in [-0.39, 0.29) is 5.02 Å². The summed E-state index contributed by atoms with van der Waals surface area (Å²) in [5.74, 6) is -0.485. The van der Waals surface area contributed by atoms with E-state index in [9.17, 15) is 4.39 Å². The summed E-state index contributed by atoms with van der Waals surface area (Å²) in [7, 11) is 0. The maximum Gasteiger partial charge on any atom is 0.170 e. The van der Waals surface area contributed by atoms with Gasteiger partial charge in [0.15, 0.2) is 10.9 Å². The molecule has 1 aromatic rings. The number of rotatable bonds is 5. The van der Waals surface area contributed by atoms with E-state index in [1.807, 2.05) is 0 Å². The number of hydrogen-bond acceptors (Lipinski definition) is 2. The number of ether oxygens (including phenoxy) is 1. The fourth-order valence-corrected chi connectivity index (χ4v) is 2.60. The van der Waals surface area contributed by atoms with Crippen molar-refractivity contribution in [3.05, 3.63) is 29.0 Å². The summed E-state index contributed by atoms with van der Waals surface area (Å²) in [5.41, 5.74) is 0.291. The number of nitrogens with one attached hydrogen (secondary N) is 3. The van der Waals surface area contributed by atoms with E-state index in [0.29, 0.717) is 10.8 Å². The molecule has 116 valence electrons.